The minimum absolute atomic E-state index is 0.0395. The topological polar surface area (TPSA) is 75.7 Å². The number of hydrogen-bond acceptors (Lipinski definition) is 4. The number of benzene rings is 2. The van der Waals surface area contributed by atoms with E-state index in [9.17, 15) is 13.2 Å². The molecule has 0 unspecified atom stereocenters. The fourth-order valence-electron chi connectivity index (χ4n) is 2.10. The molecule has 0 aromatic heterocycles. The van der Waals surface area contributed by atoms with E-state index in [0.29, 0.717) is 6.54 Å². The molecule has 0 aliphatic rings. The Labute approximate surface area is 142 Å². The van der Waals surface area contributed by atoms with Crippen LogP contribution in [0.5, 0.6) is 5.75 Å². The summed E-state index contributed by atoms with van der Waals surface area (Å²) in [6.07, 6.45) is 0. The summed E-state index contributed by atoms with van der Waals surface area (Å²) in [5.41, 5.74) is 1.22. The Morgan fingerprint density at radius 2 is 1.79 bits per heavy atom. The first-order valence-corrected chi connectivity index (χ1v) is 8.73. The molecule has 128 valence electrons. The third-order valence-corrected chi connectivity index (χ3v) is 5.32. The monoisotopic (exact) mass is 348 g/mol. The van der Waals surface area contributed by atoms with Gasteiger partial charge in [-0.2, -0.15) is 0 Å². The molecule has 2 aromatic rings. The fourth-order valence-corrected chi connectivity index (χ4v) is 3.17. The van der Waals surface area contributed by atoms with Crippen LogP contribution in [0.4, 0.5) is 0 Å². The Bertz CT molecular complexity index is 818. The second kappa shape index (κ2) is 7.46. The van der Waals surface area contributed by atoms with E-state index in [4.69, 9.17) is 4.74 Å². The van der Waals surface area contributed by atoms with Gasteiger partial charge in [-0.05, 0) is 23.8 Å². The Morgan fingerprint density at radius 3 is 2.38 bits per heavy atom. The van der Waals surface area contributed by atoms with Crippen molar-refractivity contribution in [3.05, 3.63) is 59.7 Å². The molecule has 2 rings (SSSR count). The Hall–Kier alpha value is -2.38. The quantitative estimate of drug-likeness (QED) is 0.865. The zero-order chi connectivity index (χ0) is 17.7. The van der Waals surface area contributed by atoms with Gasteiger partial charge >= 0.3 is 0 Å². The van der Waals surface area contributed by atoms with Gasteiger partial charge in [0.15, 0.2) is 0 Å². The first-order valence-electron chi connectivity index (χ1n) is 7.29. The number of carbonyl (C=O) groups is 1. The van der Waals surface area contributed by atoms with Crippen LogP contribution in [0.2, 0.25) is 0 Å². The van der Waals surface area contributed by atoms with Crippen LogP contribution in [0.15, 0.2) is 53.4 Å². The van der Waals surface area contributed by atoms with E-state index in [2.05, 4.69) is 5.32 Å². The van der Waals surface area contributed by atoms with Gasteiger partial charge in [0, 0.05) is 26.2 Å². The third-order valence-electron chi connectivity index (χ3n) is 3.48. The summed E-state index contributed by atoms with van der Waals surface area (Å²) in [6.45, 7) is 0.363. The summed E-state index contributed by atoms with van der Waals surface area (Å²) >= 11 is 0. The smallest absolute Gasteiger partial charge is 0.251 e. The van der Waals surface area contributed by atoms with E-state index >= 15 is 0 Å². The van der Waals surface area contributed by atoms with Crippen LogP contribution >= 0.6 is 0 Å². The van der Waals surface area contributed by atoms with Crippen LogP contribution in [0.25, 0.3) is 0 Å². The molecule has 0 atom stereocenters. The molecule has 1 amide bonds. The van der Waals surface area contributed by atoms with Gasteiger partial charge in [0.05, 0.1) is 7.11 Å². The number of amides is 1. The lowest BCUT2D eigenvalue weighted by Gasteiger charge is -2.15. The SMILES string of the molecule is COc1ccc(C(=O)NCc2ccccc2)cc1S(=O)(=O)N(C)C. The van der Waals surface area contributed by atoms with Crippen LogP contribution < -0.4 is 10.1 Å². The van der Waals surface area contributed by atoms with E-state index in [-0.39, 0.29) is 22.1 Å². The maximum Gasteiger partial charge on any atom is 0.251 e. The minimum Gasteiger partial charge on any atom is -0.495 e. The van der Waals surface area contributed by atoms with Gasteiger partial charge in [0.25, 0.3) is 5.91 Å². The van der Waals surface area contributed by atoms with Crippen molar-refractivity contribution < 1.29 is 17.9 Å². The van der Waals surface area contributed by atoms with E-state index in [0.717, 1.165) is 9.87 Å². The van der Waals surface area contributed by atoms with Crippen LogP contribution in [0, 0.1) is 0 Å². The van der Waals surface area contributed by atoms with Gasteiger partial charge < -0.3 is 10.1 Å². The van der Waals surface area contributed by atoms with Gasteiger partial charge in [0.2, 0.25) is 10.0 Å². The number of nitrogens with one attached hydrogen (secondary N) is 1. The highest BCUT2D eigenvalue weighted by Gasteiger charge is 2.23. The van der Waals surface area contributed by atoms with Crippen molar-refractivity contribution in [2.24, 2.45) is 0 Å². The average molecular weight is 348 g/mol. The lowest BCUT2D eigenvalue weighted by molar-refractivity contribution is 0.0950. The molecule has 1 N–H and O–H groups in total. The second-order valence-corrected chi connectivity index (χ2v) is 7.44. The normalized spacial score (nSPS) is 11.3. The summed E-state index contributed by atoms with van der Waals surface area (Å²) in [5.74, 6) is -0.153. The summed E-state index contributed by atoms with van der Waals surface area (Å²) in [5, 5.41) is 2.77. The number of rotatable bonds is 6. The molecule has 0 fully saturated rings. The number of hydrogen-bond donors (Lipinski definition) is 1. The summed E-state index contributed by atoms with van der Waals surface area (Å²) < 4.78 is 30.9. The van der Waals surface area contributed by atoms with E-state index < -0.39 is 10.0 Å². The fraction of sp³-hybridized carbons (Fsp3) is 0.235. The first-order chi connectivity index (χ1) is 11.4. The second-order valence-electron chi connectivity index (χ2n) is 5.32. The molecule has 6 nitrogen and oxygen atoms in total. The zero-order valence-electron chi connectivity index (χ0n) is 13.8. The van der Waals surface area contributed by atoms with Crippen molar-refractivity contribution in [3.63, 3.8) is 0 Å². The van der Waals surface area contributed by atoms with Crippen molar-refractivity contribution in [1.29, 1.82) is 0 Å². The van der Waals surface area contributed by atoms with E-state index in [1.165, 1.54) is 39.4 Å². The Morgan fingerprint density at radius 1 is 1.12 bits per heavy atom. The number of carbonyl (C=O) groups excluding carboxylic acids is 1. The van der Waals surface area contributed by atoms with Crippen molar-refractivity contribution in [2.75, 3.05) is 21.2 Å². The molecule has 0 aliphatic heterocycles. The van der Waals surface area contributed by atoms with E-state index in [1.54, 1.807) is 0 Å². The van der Waals surface area contributed by atoms with Crippen molar-refractivity contribution >= 4 is 15.9 Å². The lowest BCUT2D eigenvalue weighted by atomic mass is 10.2. The highest BCUT2D eigenvalue weighted by atomic mass is 32.2. The third kappa shape index (κ3) is 3.93. The summed E-state index contributed by atoms with van der Waals surface area (Å²) in [6, 6.07) is 13.8. The van der Waals surface area contributed by atoms with Crippen molar-refractivity contribution in [2.45, 2.75) is 11.4 Å². The molecular formula is C17H20N2O4S. The zero-order valence-corrected chi connectivity index (χ0v) is 14.6. The molecule has 0 spiro atoms. The molecule has 0 saturated heterocycles. The number of sulfonamides is 1. The Kier molecular flexibility index (Phi) is 5.58. The van der Waals surface area contributed by atoms with Crippen LogP contribution in [0.3, 0.4) is 0 Å². The predicted octanol–water partition coefficient (Wildman–Crippen LogP) is 1.88. The molecule has 0 heterocycles. The number of methoxy groups -OCH3 is 1. The first kappa shape index (κ1) is 18.0. The van der Waals surface area contributed by atoms with Gasteiger partial charge in [-0.15, -0.1) is 0 Å². The molecule has 7 heteroatoms. The lowest BCUT2D eigenvalue weighted by Crippen LogP contribution is -2.25. The molecule has 24 heavy (non-hydrogen) atoms. The van der Waals surface area contributed by atoms with Crippen LogP contribution in [-0.4, -0.2) is 39.8 Å². The van der Waals surface area contributed by atoms with Gasteiger partial charge in [-0.25, -0.2) is 12.7 Å². The molecule has 0 aliphatic carbocycles. The molecule has 0 saturated carbocycles. The highest BCUT2D eigenvalue weighted by Crippen LogP contribution is 2.26. The molecule has 0 bridgehead atoms. The standard InChI is InChI=1S/C17H20N2O4S/c1-19(2)24(21,22)16-11-14(9-10-15(16)23-3)17(20)18-12-13-7-5-4-6-8-13/h4-11H,12H2,1-3H3,(H,18,20). The summed E-state index contributed by atoms with van der Waals surface area (Å²) in [4.78, 5) is 12.3. The molecule has 0 radical (unpaired) electrons. The van der Waals surface area contributed by atoms with Crippen molar-refractivity contribution in [1.82, 2.24) is 9.62 Å². The van der Waals surface area contributed by atoms with Crippen molar-refractivity contribution in [3.8, 4) is 5.75 Å². The number of ether oxygens (including phenoxy) is 1. The minimum atomic E-state index is -3.71. The van der Waals surface area contributed by atoms with Gasteiger partial charge in [-0.1, -0.05) is 30.3 Å². The molecule has 2 aromatic carbocycles. The number of nitrogens with zero attached hydrogens (tertiary/aromatic N) is 1. The van der Waals surface area contributed by atoms with Crippen LogP contribution in [-0.2, 0) is 16.6 Å². The van der Waals surface area contributed by atoms with Gasteiger partial charge in [0.1, 0.15) is 10.6 Å². The largest absolute Gasteiger partial charge is 0.495 e. The summed E-state index contributed by atoms with van der Waals surface area (Å²) in [7, 11) is 0.529. The molecular weight excluding hydrogens is 328 g/mol. The predicted molar refractivity (Wildman–Crippen MR) is 91.5 cm³/mol. The maximum absolute atomic E-state index is 12.4. The average Bonchev–Trinajstić information content (AvgIpc) is 2.59. The van der Waals surface area contributed by atoms with E-state index in [1.807, 2.05) is 30.3 Å². The highest BCUT2D eigenvalue weighted by molar-refractivity contribution is 7.89. The van der Waals surface area contributed by atoms with Gasteiger partial charge in [-0.3, -0.25) is 4.79 Å². The van der Waals surface area contributed by atoms with Crippen LogP contribution in [0.1, 0.15) is 15.9 Å². The maximum atomic E-state index is 12.4. The Balaban J connectivity index is 2.26.